The number of para-hydroxylation sites is 1. The van der Waals surface area contributed by atoms with Crippen molar-refractivity contribution in [3.8, 4) is 0 Å². The van der Waals surface area contributed by atoms with Gasteiger partial charge in [-0.15, -0.1) is 0 Å². The number of aromatic amines is 1. The van der Waals surface area contributed by atoms with Crippen molar-refractivity contribution < 1.29 is 9.53 Å². The smallest absolute Gasteiger partial charge is 0.204 e. The van der Waals surface area contributed by atoms with Crippen molar-refractivity contribution in [2.24, 2.45) is 0 Å². The lowest BCUT2D eigenvalue weighted by Gasteiger charge is -2.18. The summed E-state index contributed by atoms with van der Waals surface area (Å²) < 4.78 is 5.53. The zero-order chi connectivity index (χ0) is 13.3. The number of aryl methyl sites for hydroxylation is 1. The van der Waals surface area contributed by atoms with E-state index in [-0.39, 0.29) is 18.0 Å². The Balaban J connectivity index is 2.26. The van der Waals surface area contributed by atoms with Gasteiger partial charge in [-0.05, 0) is 39.3 Å². The maximum absolute atomic E-state index is 12.1. The number of Topliss-reactive ketones (excluding diaryl/α,β-unsaturated/α-hetero) is 1. The number of carbonyl (C=O) groups excluding carboxylic acids is 1. The molecule has 3 nitrogen and oxygen atoms in total. The van der Waals surface area contributed by atoms with Gasteiger partial charge in [-0.1, -0.05) is 18.2 Å². The molecule has 0 aliphatic heterocycles. The average molecular weight is 245 g/mol. The SMILES string of the molecule is Cc1c(C(=O)COC(C)(C)C)[nH]c2ccccc12. The van der Waals surface area contributed by atoms with Crippen LogP contribution in [0.4, 0.5) is 0 Å². The van der Waals surface area contributed by atoms with Gasteiger partial charge in [0.25, 0.3) is 0 Å². The number of ketones is 1. The van der Waals surface area contributed by atoms with Gasteiger partial charge in [0.2, 0.25) is 5.78 Å². The number of hydrogen-bond acceptors (Lipinski definition) is 2. The Labute approximate surface area is 107 Å². The molecular formula is C15H19NO2. The summed E-state index contributed by atoms with van der Waals surface area (Å²) in [6.45, 7) is 7.90. The van der Waals surface area contributed by atoms with Gasteiger partial charge in [-0.25, -0.2) is 0 Å². The quantitative estimate of drug-likeness (QED) is 0.841. The van der Waals surface area contributed by atoms with Gasteiger partial charge in [-0.2, -0.15) is 0 Å². The predicted octanol–water partition coefficient (Wildman–Crippen LogP) is 3.47. The van der Waals surface area contributed by atoms with E-state index in [9.17, 15) is 4.79 Å². The lowest BCUT2D eigenvalue weighted by molar-refractivity contribution is 0.00287. The Hall–Kier alpha value is -1.61. The number of benzene rings is 1. The van der Waals surface area contributed by atoms with Crippen molar-refractivity contribution in [1.29, 1.82) is 0 Å². The van der Waals surface area contributed by atoms with E-state index in [4.69, 9.17) is 4.74 Å². The lowest BCUT2D eigenvalue weighted by Crippen LogP contribution is -2.24. The molecule has 1 aromatic carbocycles. The van der Waals surface area contributed by atoms with E-state index in [0.29, 0.717) is 5.69 Å². The van der Waals surface area contributed by atoms with E-state index in [2.05, 4.69) is 4.98 Å². The standard InChI is InChI=1S/C15H19NO2/c1-10-11-7-5-6-8-12(11)16-14(10)13(17)9-18-15(2,3)4/h5-8,16H,9H2,1-4H3. The first-order valence-electron chi connectivity index (χ1n) is 6.13. The minimum atomic E-state index is -0.296. The van der Waals surface area contributed by atoms with Crippen molar-refractivity contribution >= 4 is 16.7 Å². The Bertz CT molecular complexity index is 576. The third-order valence-electron chi connectivity index (χ3n) is 2.88. The van der Waals surface area contributed by atoms with Crippen molar-refractivity contribution in [1.82, 2.24) is 4.98 Å². The van der Waals surface area contributed by atoms with E-state index in [1.54, 1.807) is 0 Å². The van der Waals surface area contributed by atoms with Gasteiger partial charge < -0.3 is 9.72 Å². The highest BCUT2D eigenvalue weighted by molar-refractivity contribution is 6.02. The molecule has 0 saturated carbocycles. The van der Waals surface area contributed by atoms with Crippen LogP contribution in [0.15, 0.2) is 24.3 Å². The van der Waals surface area contributed by atoms with Crippen LogP contribution >= 0.6 is 0 Å². The third kappa shape index (κ3) is 2.62. The van der Waals surface area contributed by atoms with E-state index >= 15 is 0 Å². The molecule has 0 radical (unpaired) electrons. The summed E-state index contributed by atoms with van der Waals surface area (Å²) in [5, 5.41) is 1.09. The largest absolute Gasteiger partial charge is 0.368 e. The number of hydrogen-bond donors (Lipinski definition) is 1. The summed E-state index contributed by atoms with van der Waals surface area (Å²) in [6.07, 6.45) is 0. The second-order valence-electron chi connectivity index (χ2n) is 5.49. The highest BCUT2D eigenvalue weighted by atomic mass is 16.5. The molecule has 0 aliphatic rings. The second kappa shape index (κ2) is 4.58. The first-order chi connectivity index (χ1) is 8.38. The van der Waals surface area contributed by atoms with Crippen molar-refractivity contribution in [3.05, 3.63) is 35.5 Å². The zero-order valence-corrected chi connectivity index (χ0v) is 11.3. The molecule has 96 valence electrons. The van der Waals surface area contributed by atoms with Gasteiger partial charge in [0, 0.05) is 10.9 Å². The molecule has 0 fully saturated rings. The normalized spacial score (nSPS) is 12.0. The third-order valence-corrected chi connectivity index (χ3v) is 2.88. The summed E-state index contributed by atoms with van der Waals surface area (Å²) in [5.74, 6) is -0.00127. The molecule has 3 heteroatoms. The number of carbonyl (C=O) groups is 1. The molecule has 0 aliphatic carbocycles. The highest BCUT2D eigenvalue weighted by Crippen LogP contribution is 2.22. The summed E-state index contributed by atoms with van der Waals surface area (Å²) in [7, 11) is 0. The van der Waals surface area contributed by atoms with Gasteiger partial charge in [0.05, 0.1) is 11.3 Å². The van der Waals surface area contributed by atoms with Crippen LogP contribution in [0.3, 0.4) is 0 Å². The fourth-order valence-corrected chi connectivity index (χ4v) is 1.92. The molecular weight excluding hydrogens is 226 g/mol. The predicted molar refractivity (Wildman–Crippen MR) is 73.1 cm³/mol. The lowest BCUT2D eigenvalue weighted by atomic mass is 10.1. The fourth-order valence-electron chi connectivity index (χ4n) is 1.92. The van der Waals surface area contributed by atoms with E-state index in [1.165, 1.54) is 0 Å². The molecule has 0 amide bonds. The fraction of sp³-hybridized carbons (Fsp3) is 0.400. The van der Waals surface area contributed by atoms with Crippen LogP contribution in [-0.2, 0) is 4.74 Å². The van der Waals surface area contributed by atoms with E-state index in [0.717, 1.165) is 16.5 Å². The zero-order valence-electron chi connectivity index (χ0n) is 11.3. The van der Waals surface area contributed by atoms with Crippen LogP contribution in [-0.4, -0.2) is 23.0 Å². The number of H-pyrrole nitrogens is 1. The molecule has 0 atom stereocenters. The number of ether oxygens (including phenoxy) is 1. The summed E-state index contributed by atoms with van der Waals surface area (Å²) in [6, 6.07) is 7.92. The van der Waals surface area contributed by atoms with E-state index < -0.39 is 0 Å². The van der Waals surface area contributed by atoms with Crippen LogP contribution in [0.25, 0.3) is 10.9 Å². The van der Waals surface area contributed by atoms with Gasteiger partial charge in [-0.3, -0.25) is 4.79 Å². The van der Waals surface area contributed by atoms with Crippen molar-refractivity contribution in [2.45, 2.75) is 33.3 Å². The first-order valence-corrected chi connectivity index (χ1v) is 6.13. The summed E-state index contributed by atoms with van der Waals surface area (Å²) in [4.78, 5) is 15.3. The molecule has 1 aromatic heterocycles. The minimum absolute atomic E-state index is 0.00127. The maximum atomic E-state index is 12.1. The second-order valence-corrected chi connectivity index (χ2v) is 5.49. The van der Waals surface area contributed by atoms with Crippen LogP contribution in [0.1, 0.15) is 36.8 Å². The van der Waals surface area contributed by atoms with Gasteiger partial charge in [0.1, 0.15) is 6.61 Å². The first kappa shape index (κ1) is 12.8. The van der Waals surface area contributed by atoms with Crippen LogP contribution < -0.4 is 0 Å². The molecule has 1 heterocycles. The van der Waals surface area contributed by atoms with E-state index in [1.807, 2.05) is 52.0 Å². The maximum Gasteiger partial charge on any atom is 0.204 e. The number of fused-ring (bicyclic) bond motifs is 1. The van der Waals surface area contributed by atoms with Gasteiger partial charge >= 0.3 is 0 Å². The van der Waals surface area contributed by atoms with Crippen LogP contribution in [0.2, 0.25) is 0 Å². The number of rotatable bonds is 3. The Morgan fingerprint density at radius 2 is 1.94 bits per heavy atom. The molecule has 0 unspecified atom stereocenters. The Morgan fingerprint density at radius 3 is 2.56 bits per heavy atom. The summed E-state index contributed by atoms with van der Waals surface area (Å²) >= 11 is 0. The Morgan fingerprint density at radius 1 is 1.28 bits per heavy atom. The van der Waals surface area contributed by atoms with Crippen LogP contribution in [0.5, 0.6) is 0 Å². The minimum Gasteiger partial charge on any atom is -0.368 e. The van der Waals surface area contributed by atoms with Crippen molar-refractivity contribution in [2.75, 3.05) is 6.61 Å². The average Bonchev–Trinajstić information content (AvgIpc) is 2.64. The number of nitrogens with one attached hydrogen (secondary N) is 1. The van der Waals surface area contributed by atoms with Crippen LogP contribution in [0, 0.1) is 6.92 Å². The monoisotopic (exact) mass is 245 g/mol. The molecule has 0 bridgehead atoms. The topological polar surface area (TPSA) is 42.1 Å². The molecule has 2 aromatic rings. The molecule has 1 N–H and O–H groups in total. The molecule has 0 spiro atoms. The molecule has 0 saturated heterocycles. The van der Waals surface area contributed by atoms with Gasteiger partial charge in [0.15, 0.2) is 0 Å². The molecule has 2 rings (SSSR count). The van der Waals surface area contributed by atoms with Crippen molar-refractivity contribution in [3.63, 3.8) is 0 Å². The number of aromatic nitrogens is 1. The highest BCUT2D eigenvalue weighted by Gasteiger charge is 2.18. The molecule has 18 heavy (non-hydrogen) atoms. The Kier molecular flexibility index (Phi) is 3.26. The summed E-state index contributed by atoms with van der Waals surface area (Å²) in [5.41, 5.74) is 2.35.